The molecule has 3 unspecified atom stereocenters. The van der Waals surface area contributed by atoms with Gasteiger partial charge in [-0.15, -0.1) is 12.6 Å². The molecule has 1 nitrogen and oxygen atoms in total. The van der Waals surface area contributed by atoms with E-state index in [9.17, 15) is 4.79 Å². The second-order valence-corrected chi connectivity index (χ2v) is 4.06. The third kappa shape index (κ3) is 0.895. The maximum absolute atomic E-state index is 10.9. The Balaban J connectivity index is 2.08. The first kappa shape index (κ1) is 6.71. The molecule has 2 heteroatoms. The Morgan fingerprint density at radius 3 is 2.40 bits per heavy atom. The SMILES string of the molecule is O=C(S)C1CC2CCC1C2. The van der Waals surface area contributed by atoms with E-state index in [1.165, 1.54) is 19.3 Å². The van der Waals surface area contributed by atoms with Crippen molar-refractivity contribution in [2.24, 2.45) is 17.8 Å². The lowest BCUT2D eigenvalue weighted by molar-refractivity contribution is -0.115. The normalized spacial score (nSPS) is 44.3. The van der Waals surface area contributed by atoms with Crippen LogP contribution >= 0.6 is 12.6 Å². The molecule has 3 atom stereocenters. The predicted octanol–water partition coefficient (Wildman–Crippen LogP) is 1.88. The molecule has 0 aromatic carbocycles. The lowest BCUT2D eigenvalue weighted by atomic mass is 9.90. The minimum atomic E-state index is 0.132. The molecule has 2 aliphatic carbocycles. The lowest BCUT2D eigenvalue weighted by Gasteiger charge is -2.17. The first-order chi connectivity index (χ1) is 4.77. The monoisotopic (exact) mass is 156 g/mol. The van der Waals surface area contributed by atoms with E-state index in [2.05, 4.69) is 12.6 Å². The molecule has 2 aliphatic rings. The quantitative estimate of drug-likeness (QED) is 0.574. The third-order valence-corrected chi connectivity index (χ3v) is 3.39. The summed E-state index contributed by atoms with van der Waals surface area (Å²) in [6.07, 6.45) is 5.08. The van der Waals surface area contributed by atoms with Crippen LogP contribution in [0.15, 0.2) is 0 Å². The fraction of sp³-hybridized carbons (Fsp3) is 0.875. The average Bonchev–Trinajstić information content (AvgIpc) is 2.44. The van der Waals surface area contributed by atoms with Gasteiger partial charge in [0.2, 0.25) is 0 Å². The van der Waals surface area contributed by atoms with Gasteiger partial charge in [-0.05, 0) is 31.1 Å². The summed E-state index contributed by atoms with van der Waals surface area (Å²) >= 11 is 3.89. The number of carbonyl (C=O) groups is 1. The number of hydrogen-bond acceptors (Lipinski definition) is 1. The number of carbonyl (C=O) groups excluding carboxylic acids is 1. The molecule has 2 bridgehead atoms. The van der Waals surface area contributed by atoms with Crippen LogP contribution in [0.5, 0.6) is 0 Å². The molecular weight excluding hydrogens is 144 g/mol. The van der Waals surface area contributed by atoms with Crippen LogP contribution in [0.4, 0.5) is 0 Å². The van der Waals surface area contributed by atoms with Crippen molar-refractivity contribution in [3.63, 3.8) is 0 Å². The Labute approximate surface area is 66.6 Å². The van der Waals surface area contributed by atoms with Gasteiger partial charge in [-0.3, -0.25) is 4.79 Å². The van der Waals surface area contributed by atoms with Crippen molar-refractivity contribution >= 4 is 17.7 Å². The fourth-order valence-electron chi connectivity index (χ4n) is 2.55. The molecule has 0 N–H and O–H groups in total. The van der Waals surface area contributed by atoms with Gasteiger partial charge in [-0.2, -0.15) is 0 Å². The molecule has 0 aromatic heterocycles. The highest BCUT2D eigenvalue weighted by Crippen LogP contribution is 2.48. The zero-order valence-electron chi connectivity index (χ0n) is 5.92. The summed E-state index contributed by atoms with van der Waals surface area (Å²) in [5.41, 5.74) is 0. The van der Waals surface area contributed by atoms with Crippen molar-refractivity contribution in [3.8, 4) is 0 Å². The summed E-state index contributed by atoms with van der Waals surface area (Å²) in [6.45, 7) is 0. The predicted molar refractivity (Wildman–Crippen MR) is 42.9 cm³/mol. The van der Waals surface area contributed by atoms with E-state index in [1.807, 2.05) is 0 Å². The van der Waals surface area contributed by atoms with Crippen molar-refractivity contribution in [1.29, 1.82) is 0 Å². The molecule has 0 radical (unpaired) electrons. The molecule has 56 valence electrons. The third-order valence-electron chi connectivity index (χ3n) is 3.06. The summed E-state index contributed by atoms with van der Waals surface area (Å²) in [4.78, 5) is 10.9. The zero-order valence-corrected chi connectivity index (χ0v) is 6.81. The largest absolute Gasteiger partial charge is 0.287 e. The van der Waals surface area contributed by atoms with Crippen molar-refractivity contribution in [3.05, 3.63) is 0 Å². The van der Waals surface area contributed by atoms with Crippen LogP contribution in [0, 0.1) is 17.8 Å². The van der Waals surface area contributed by atoms with E-state index < -0.39 is 0 Å². The highest BCUT2D eigenvalue weighted by atomic mass is 32.1. The second kappa shape index (κ2) is 2.26. The van der Waals surface area contributed by atoms with Gasteiger partial charge in [0.05, 0.1) is 0 Å². The van der Waals surface area contributed by atoms with E-state index in [0.717, 1.165) is 12.3 Å². The van der Waals surface area contributed by atoms with Crippen LogP contribution in [0.1, 0.15) is 25.7 Å². The van der Waals surface area contributed by atoms with Gasteiger partial charge < -0.3 is 0 Å². The molecule has 2 fully saturated rings. The Bertz CT molecular complexity index is 167. The van der Waals surface area contributed by atoms with Crippen molar-refractivity contribution in [1.82, 2.24) is 0 Å². The Morgan fingerprint density at radius 1 is 1.30 bits per heavy atom. The van der Waals surface area contributed by atoms with Gasteiger partial charge in [0.25, 0.3) is 0 Å². The van der Waals surface area contributed by atoms with Crippen LogP contribution in [0.3, 0.4) is 0 Å². The topological polar surface area (TPSA) is 17.1 Å². The van der Waals surface area contributed by atoms with Crippen LogP contribution < -0.4 is 0 Å². The summed E-state index contributed by atoms with van der Waals surface area (Å²) in [5, 5.41) is 0.132. The summed E-state index contributed by atoms with van der Waals surface area (Å²) in [6, 6.07) is 0. The summed E-state index contributed by atoms with van der Waals surface area (Å²) < 4.78 is 0. The van der Waals surface area contributed by atoms with Crippen LogP contribution in [0.25, 0.3) is 0 Å². The van der Waals surface area contributed by atoms with E-state index in [1.54, 1.807) is 0 Å². The van der Waals surface area contributed by atoms with E-state index in [0.29, 0.717) is 11.8 Å². The van der Waals surface area contributed by atoms with Gasteiger partial charge in [-0.1, -0.05) is 6.42 Å². The second-order valence-electron chi connectivity index (χ2n) is 3.62. The molecule has 0 saturated heterocycles. The van der Waals surface area contributed by atoms with Gasteiger partial charge in [-0.25, -0.2) is 0 Å². The fourth-order valence-corrected chi connectivity index (χ4v) is 2.86. The van der Waals surface area contributed by atoms with Crippen LogP contribution in [-0.2, 0) is 4.79 Å². The summed E-state index contributed by atoms with van der Waals surface area (Å²) in [7, 11) is 0. The molecular formula is C8H12OS. The Morgan fingerprint density at radius 2 is 2.10 bits per heavy atom. The molecule has 0 aliphatic heterocycles. The summed E-state index contributed by atoms with van der Waals surface area (Å²) in [5.74, 6) is 1.89. The van der Waals surface area contributed by atoms with Gasteiger partial charge in [0.1, 0.15) is 0 Å². The highest BCUT2D eigenvalue weighted by Gasteiger charge is 2.41. The molecule has 0 amide bonds. The van der Waals surface area contributed by atoms with Crippen LogP contribution in [0.2, 0.25) is 0 Å². The molecule has 0 heterocycles. The zero-order chi connectivity index (χ0) is 7.14. The maximum atomic E-state index is 10.9. The molecule has 10 heavy (non-hydrogen) atoms. The number of fused-ring (bicyclic) bond motifs is 2. The standard InChI is InChI=1S/C8H12OS/c9-8(10)7-4-5-1-2-6(7)3-5/h5-7H,1-4H2,(H,9,10). The highest BCUT2D eigenvalue weighted by molar-refractivity contribution is 7.96. The van der Waals surface area contributed by atoms with Gasteiger partial charge >= 0.3 is 0 Å². The first-order valence-electron chi connectivity index (χ1n) is 4.00. The number of rotatable bonds is 1. The minimum absolute atomic E-state index is 0.132. The smallest absolute Gasteiger partial charge is 0.189 e. The Kier molecular flexibility index (Phi) is 1.52. The van der Waals surface area contributed by atoms with E-state index in [4.69, 9.17) is 0 Å². The Hall–Kier alpha value is 0.0200. The number of hydrogen-bond donors (Lipinski definition) is 1. The first-order valence-corrected chi connectivity index (χ1v) is 4.45. The molecule has 0 spiro atoms. The van der Waals surface area contributed by atoms with Crippen molar-refractivity contribution in [2.45, 2.75) is 25.7 Å². The van der Waals surface area contributed by atoms with Gasteiger partial charge in [0.15, 0.2) is 5.12 Å². The van der Waals surface area contributed by atoms with Crippen LogP contribution in [-0.4, -0.2) is 5.12 Å². The van der Waals surface area contributed by atoms with Gasteiger partial charge in [0, 0.05) is 5.92 Å². The van der Waals surface area contributed by atoms with Crippen molar-refractivity contribution < 1.29 is 4.79 Å². The lowest BCUT2D eigenvalue weighted by Crippen LogP contribution is -2.16. The maximum Gasteiger partial charge on any atom is 0.189 e. The molecule has 2 rings (SSSR count). The average molecular weight is 156 g/mol. The van der Waals surface area contributed by atoms with E-state index in [-0.39, 0.29) is 5.12 Å². The molecule has 0 aromatic rings. The van der Waals surface area contributed by atoms with Crippen molar-refractivity contribution in [2.75, 3.05) is 0 Å². The minimum Gasteiger partial charge on any atom is -0.287 e. The van der Waals surface area contributed by atoms with E-state index >= 15 is 0 Å². The molecule has 2 saturated carbocycles. The number of thiol groups is 1.